The van der Waals surface area contributed by atoms with Crippen molar-refractivity contribution in [1.82, 2.24) is 39.7 Å². The van der Waals surface area contributed by atoms with Gasteiger partial charge in [-0.15, -0.1) is 5.10 Å². The number of amides is 1. The number of rotatable bonds is 7. The maximum atomic E-state index is 14.2. The van der Waals surface area contributed by atoms with Gasteiger partial charge in [0.15, 0.2) is 17.2 Å². The van der Waals surface area contributed by atoms with Crippen molar-refractivity contribution in [2.45, 2.75) is 26.3 Å². The van der Waals surface area contributed by atoms with Crippen molar-refractivity contribution in [3.8, 4) is 5.69 Å². The number of aryl methyl sites for hydroxylation is 1. The van der Waals surface area contributed by atoms with Crippen LogP contribution in [0.1, 0.15) is 50.8 Å². The lowest BCUT2D eigenvalue weighted by molar-refractivity contribution is 0.0938. The molecule has 12 nitrogen and oxygen atoms in total. The van der Waals surface area contributed by atoms with Crippen LogP contribution in [0.4, 0.5) is 5.82 Å². The minimum Gasteiger partial charge on any atom is -0.381 e. The van der Waals surface area contributed by atoms with E-state index >= 15 is 0 Å². The molecule has 0 bridgehead atoms. The Morgan fingerprint density at radius 3 is 2.66 bits per heavy atom. The average Bonchev–Trinajstić information content (AvgIpc) is 3.62. The smallest absolute Gasteiger partial charge is 0.266 e. The fourth-order valence-corrected chi connectivity index (χ4v) is 4.89. The molecule has 41 heavy (non-hydrogen) atoms. The molecule has 12 heteroatoms. The van der Waals surface area contributed by atoms with Crippen molar-refractivity contribution < 1.29 is 9.59 Å². The number of hydrogen-bond acceptors (Lipinski definition) is 8. The Hall–Kier alpha value is -5.65. The van der Waals surface area contributed by atoms with Crippen LogP contribution in [0.25, 0.3) is 22.2 Å². The standard InChI is InChI=1S/C29H25N9O3/c1-16-11-12-31-27-24(25(30)36-38(16)27)28(40)34-17(2)26-35-21-10-6-7-18(13-22(39)19-14-32-33-15-19)23(21)29(41)37(26)20-8-4-3-5-9-20/h3-12,14-15,17H,13H2,1-2H3,(H2,30,36)(H,32,33)(H,34,40). The second-order valence-corrected chi connectivity index (χ2v) is 9.62. The molecule has 4 heterocycles. The predicted molar refractivity (Wildman–Crippen MR) is 152 cm³/mol. The van der Waals surface area contributed by atoms with Crippen molar-refractivity contribution in [3.63, 3.8) is 0 Å². The van der Waals surface area contributed by atoms with E-state index in [2.05, 4.69) is 25.6 Å². The SMILES string of the molecule is Cc1ccnc2c(C(=O)NC(C)c3nc4cccc(CC(=O)c5cn[nH]c5)c4c(=O)n3-c3ccccc3)c(N)nn12. The fraction of sp³-hybridized carbons (Fsp3) is 0.138. The van der Waals surface area contributed by atoms with E-state index in [-0.39, 0.29) is 29.1 Å². The Kier molecular flexibility index (Phi) is 6.34. The van der Waals surface area contributed by atoms with Gasteiger partial charge in [0.2, 0.25) is 0 Å². The molecule has 0 aliphatic rings. The normalized spacial score (nSPS) is 12.0. The summed E-state index contributed by atoms with van der Waals surface area (Å²) < 4.78 is 2.97. The Morgan fingerprint density at radius 1 is 1.10 bits per heavy atom. The van der Waals surface area contributed by atoms with Crippen molar-refractivity contribution in [2.75, 3.05) is 5.73 Å². The lowest BCUT2D eigenvalue weighted by Gasteiger charge is -2.20. The van der Waals surface area contributed by atoms with Crippen LogP contribution < -0.4 is 16.6 Å². The van der Waals surface area contributed by atoms with Crippen LogP contribution in [0.15, 0.2) is 78.0 Å². The van der Waals surface area contributed by atoms with Crippen LogP contribution in [0.5, 0.6) is 0 Å². The number of ketones is 1. The number of Topliss-reactive ketones (excluding diaryl/α,β-unsaturated/α-hetero) is 1. The number of nitrogens with one attached hydrogen (secondary N) is 2. The monoisotopic (exact) mass is 547 g/mol. The predicted octanol–water partition coefficient (Wildman–Crippen LogP) is 2.96. The van der Waals surface area contributed by atoms with Gasteiger partial charge in [0.05, 0.1) is 34.4 Å². The van der Waals surface area contributed by atoms with E-state index in [1.54, 1.807) is 61.7 Å². The van der Waals surface area contributed by atoms with E-state index in [9.17, 15) is 14.4 Å². The number of nitrogens with two attached hydrogens (primary N) is 1. The molecule has 204 valence electrons. The zero-order chi connectivity index (χ0) is 28.7. The molecule has 0 radical (unpaired) electrons. The maximum absolute atomic E-state index is 14.2. The van der Waals surface area contributed by atoms with Crippen molar-refractivity contribution >= 4 is 34.1 Å². The number of para-hydroxylation sites is 1. The van der Waals surface area contributed by atoms with Crippen molar-refractivity contribution in [1.29, 1.82) is 0 Å². The quantitative estimate of drug-likeness (QED) is 0.257. The first kappa shape index (κ1) is 25.6. The average molecular weight is 548 g/mol. The molecule has 4 aromatic heterocycles. The van der Waals surface area contributed by atoms with Crippen LogP contribution in [0.3, 0.4) is 0 Å². The van der Waals surface area contributed by atoms with Gasteiger partial charge in [-0.1, -0.05) is 30.3 Å². The molecule has 4 N–H and O–H groups in total. The molecule has 1 atom stereocenters. The molecule has 0 fully saturated rings. The van der Waals surface area contributed by atoms with Crippen molar-refractivity contribution in [2.24, 2.45) is 0 Å². The molecule has 1 unspecified atom stereocenters. The molecule has 6 aromatic rings. The van der Waals surface area contributed by atoms with Gasteiger partial charge >= 0.3 is 0 Å². The topological polar surface area (TPSA) is 166 Å². The van der Waals surface area contributed by atoms with Gasteiger partial charge in [-0.25, -0.2) is 14.5 Å². The second-order valence-electron chi connectivity index (χ2n) is 9.62. The third-order valence-corrected chi connectivity index (χ3v) is 6.89. The molecule has 1 amide bonds. The second kappa shape index (κ2) is 10.2. The molecular weight excluding hydrogens is 522 g/mol. The highest BCUT2D eigenvalue weighted by Gasteiger charge is 2.25. The largest absolute Gasteiger partial charge is 0.381 e. The minimum atomic E-state index is -0.727. The van der Waals surface area contributed by atoms with Crippen LogP contribution in [-0.4, -0.2) is 46.0 Å². The highest BCUT2D eigenvalue weighted by atomic mass is 16.2. The zero-order valence-corrected chi connectivity index (χ0v) is 22.2. The van der Waals surface area contributed by atoms with Gasteiger partial charge in [-0.2, -0.15) is 5.10 Å². The molecule has 0 aliphatic heterocycles. The summed E-state index contributed by atoms with van der Waals surface area (Å²) >= 11 is 0. The first-order chi connectivity index (χ1) is 19.8. The van der Waals surface area contributed by atoms with E-state index in [1.807, 2.05) is 13.0 Å². The highest BCUT2D eigenvalue weighted by Crippen LogP contribution is 2.23. The maximum Gasteiger partial charge on any atom is 0.266 e. The number of benzene rings is 2. The van der Waals surface area contributed by atoms with Gasteiger partial charge in [0.1, 0.15) is 11.4 Å². The summed E-state index contributed by atoms with van der Waals surface area (Å²) in [6, 6.07) is 15.3. The first-order valence-electron chi connectivity index (χ1n) is 12.9. The third-order valence-electron chi connectivity index (χ3n) is 6.89. The van der Waals surface area contributed by atoms with E-state index in [0.29, 0.717) is 39.2 Å². The molecular formula is C29H25N9O3. The Labute approximate surface area is 232 Å². The summed E-state index contributed by atoms with van der Waals surface area (Å²) in [7, 11) is 0. The molecule has 0 saturated heterocycles. The number of hydrogen-bond donors (Lipinski definition) is 3. The lowest BCUT2D eigenvalue weighted by atomic mass is 10.0. The number of fused-ring (bicyclic) bond motifs is 2. The molecule has 0 spiro atoms. The van der Waals surface area contributed by atoms with E-state index in [0.717, 1.165) is 5.69 Å². The number of aromatic amines is 1. The fourth-order valence-electron chi connectivity index (χ4n) is 4.89. The van der Waals surface area contributed by atoms with Gasteiger partial charge in [-0.05, 0) is 43.7 Å². The number of aromatic nitrogens is 7. The number of anilines is 1. The number of nitrogens with zero attached hydrogens (tertiary/aromatic N) is 6. The number of carbonyl (C=O) groups is 2. The summed E-state index contributed by atoms with van der Waals surface area (Å²) in [6.45, 7) is 3.57. The summed E-state index contributed by atoms with van der Waals surface area (Å²) in [4.78, 5) is 49.6. The Bertz CT molecular complexity index is 1990. The number of H-pyrrole nitrogens is 1. The summed E-state index contributed by atoms with van der Waals surface area (Å²) in [6.07, 6.45) is 4.54. The molecule has 0 aliphatic carbocycles. The van der Waals surface area contributed by atoms with Crippen LogP contribution in [-0.2, 0) is 6.42 Å². The summed E-state index contributed by atoms with van der Waals surface area (Å²) in [5, 5.41) is 14.0. The molecule has 6 rings (SSSR count). The Morgan fingerprint density at radius 2 is 1.90 bits per heavy atom. The van der Waals surface area contributed by atoms with Gasteiger partial charge < -0.3 is 11.1 Å². The van der Waals surface area contributed by atoms with Gasteiger partial charge in [0, 0.05) is 24.5 Å². The summed E-state index contributed by atoms with van der Waals surface area (Å²) in [5.74, 6) is -0.345. The van der Waals surface area contributed by atoms with Gasteiger partial charge in [-0.3, -0.25) is 24.0 Å². The van der Waals surface area contributed by atoms with E-state index in [1.165, 1.54) is 21.5 Å². The summed E-state index contributed by atoms with van der Waals surface area (Å²) in [5.41, 5.74) is 8.91. The Balaban J connectivity index is 1.45. The number of carbonyl (C=O) groups excluding carboxylic acids is 2. The van der Waals surface area contributed by atoms with Gasteiger partial charge in [0.25, 0.3) is 11.5 Å². The first-order valence-corrected chi connectivity index (χ1v) is 12.9. The van der Waals surface area contributed by atoms with Crippen molar-refractivity contribution in [3.05, 3.63) is 112 Å². The van der Waals surface area contributed by atoms with E-state index < -0.39 is 11.9 Å². The highest BCUT2D eigenvalue weighted by molar-refractivity contribution is 6.04. The third kappa shape index (κ3) is 4.50. The molecule has 2 aromatic carbocycles. The minimum absolute atomic E-state index is 0.00531. The van der Waals surface area contributed by atoms with Crippen LogP contribution in [0, 0.1) is 6.92 Å². The zero-order valence-electron chi connectivity index (χ0n) is 22.2. The van der Waals surface area contributed by atoms with Crippen LogP contribution in [0.2, 0.25) is 0 Å². The van der Waals surface area contributed by atoms with Crippen LogP contribution >= 0.6 is 0 Å². The lowest BCUT2D eigenvalue weighted by Crippen LogP contribution is -2.34. The van der Waals surface area contributed by atoms with E-state index in [4.69, 9.17) is 10.7 Å². The number of nitrogen functional groups attached to an aromatic ring is 1. The molecule has 0 saturated carbocycles.